The maximum absolute atomic E-state index is 11.8. The van der Waals surface area contributed by atoms with Crippen molar-refractivity contribution in [2.75, 3.05) is 13.7 Å². The van der Waals surface area contributed by atoms with Gasteiger partial charge in [0.2, 0.25) is 0 Å². The number of carbonyl (C=O) groups is 1. The Morgan fingerprint density at radius 1 is 1.27 bits per heavy atom. The Bertz CT molecular complexity index is 442. The van der Waals surface area contributed by atoms with Crippen molar-refractivity contribution in [1.82, 2.24) is 5.32 Å². The number of alkyl carbamates (subject to hydrolysis) is 1. The predicted molar refractivity (Wildman–Crippen MR) is 85.8 cm³/mol. The fourth-order valence-corrected chi connectivity index (χ4v) is 2.14. The van der Waals surface area contributed by atoms with Crippen LogP contribution in [0.2, 0.25) is 0 Å². The average molecular weight is 309 g/mol. The third kappa shape index (κ3) is 8.00. The first-order chi connectivity index (χ1) is 10.3. The van der Waals surface area contributed by atoms with Crippen LogP contribution < -0.4 is 5.32 Å². The minimum atomic E-state index is -0.558. The van der Waals surface area contributed by atoms with Gasteiger partial charge in [-0.3, -0.25) is 0 Å². The van der Waals surface area contributed by atoms with Gasteiger partial charge in [0.25, 0.3) is 0 Å². The number of rotatable bonds is 7. The maximum atomic E-state index is 11.8. The van der Waals surface area contributed by atoms with E-state index in [4.69, 9.17) is 9.47 Å². The van der Waals surface area contributed by atoms with Gasteiger partial charge in [-0.25, -0.2) is 4.79 Å². The summed E-state index contributed by atoms with van der Waals surface area (Å²) in [5.74, 6) is 0. The molecule has 0 fully saturated rings. The third-order valence-electron chi connectivity index (χ3n) is 2.96. The lowest BCUT2D eigenvalue weighted by molar-refractivity contribution is 0.0429. The molecule has 0 aliphatic carbocycles. The zero-order valence-corrected chi connectivity index (χ0v) is 13.8. The number of carbonyl (C=O) groups excluding carboxylic acids is 1. The normalized spacial score (nSPS) is 14.2. The van der Waals surface area contributed by atoms with E-state index in [0.29, 0.717) is 19.4 Å². The topological polar surface area (TPSA) is 67.8 Å². The molecule has 0 bridgehead atoms. The summed E-state index contributed by atoms with van der Waals surface area (Å²) >= 11 is 0. The van der Waals surface area contributed by atoms with Crippen molar-refractivity contribution in [3.8, 4) is 0 Å². The van der Waals surface area contributed by atoms with Gasteiger partial charge in [-0.2, -0.15) is 0 Å². The van der Waals surface area contributed by atoms with E-state index in [9.17, 15) is 9.90 Å². The molecular weight excluding hydrogens is 282 g/mol. The molecule has 5 nitrogen and oxygen atoms in total. The first-order valence-electron chi connectivity index (χ1n) is 7.50. The van der Waals surface area contributed by atoms with Crippen LogP contribution >= 0.6 is 0 Å². The van der Waals surface area contributed by atoms with Crippen molar-refractivity contribution in [3.63, 3.8) is 0 Å². The average Bonchev–Trinajstić information content (AvgIpc) is 2.37. The zero-order valence-electron chi connectivity index (χ0n) is 13.8. The van der Waals surface area contributed by atoms with Gasteiger partial charge >= 0.3 is 6.09 Å². The number of hydrogen-bond acceptors (Lipinski definition) is 4. The quantitative estimate of drug-likeness (QED) is 0.812. The van der Waals surface area contributed by atoms with Crippen LogP contribution in [0.3, 0.4) is 0 Å². The van der Waals surface area contributed by atoms with E-state index in [1.807, 2.05) is 51.1 Å². The van der Waals surface area contributed by atoms with Gasteiger partial charge in [-0.1, -0.05) is 30.3 Å². The summed E-state index contributed by atoms with van der Waals surface area (Å²) in [5.41, 5.74) is 0.508. The molecule has 0 saturated heterocycles. The van der Waals surface area contributed by atoms with E-state index < -0.39 is 17.8 Å². The highest BCUT2D eigenvalue weighted by Gasteiger charge is 2.21. The molecule has 124 valence electrons. The number of aliphatic hydroxyl groups is 1. The Balaban J connectivity index is 2.50. The Morgan fingerprint density at radius 2 is 1.91 bits per heavy atom. The SMILES string of the molecule is COCC(C[C@H](O)Cc1ccccc1)NC(=O)OC(C)(C)C. The standard InChI is InChI=1S/C17H27NO4/c1-17(2,3)22-16(20)18-14(12-21-4)11-15(19)10-13-8-6-5-7-9-13/h5-9,14-15,19H,10-12H2,1-4H3,(H,18,20)/t14?,15-/m1/s1. The van der Waals surface area contributed by atoms with Gasteiger partial charge in [0.15, 0.2) is 0 Å². The van der Waals surface area contributed by atoms with Gasteiger partial charge in [-0.05, 0) is 39.2 Å². The van der Waals surface area contributed by atoms with E-state index in [0.717, 1.165) is 5.56 Å². The van der Waals surface area contributed by atoms with Crippen LogP contribution in [-0.2, 0) is 15.9 Å². The molecule has 0 aliphatic rings. The molecule has 0 spiro atoms. The summed E-state index contributed by atoms with van der Waals surface area (Å²) < 4.78 is 10.3. The molecular formula is C17H27NO4. The number of amides is 1. The molecule has 2 N–H and O–H groups in total. The molecule has 0 aliphatic heterocycles. The summed E-state index contributed by atoms with van der Waals surface area (Å²) in [6.45, 7) is 5.75. The molecule has 0 heterocycles. The lowest BCUT2D eigenvalue weighted by atomic mass is 10.0. The monoisotopic (exact) mass is 309 g/mol. The highest BCUT2D eigenvalue weighted by atomic mass is 16.6. The summed E-state index contributed by atoms with van der Waals surface area (Å²) in [6, 6.07) is 9.46. The molecule has 22 heavy (non-hydrogen) atoms. The van der Waals surface area contributed by atoms with Crippen molar-refractivity contribution >= 4 is 6.09 Å². The van der Waals surface area contributed by atoms with Gasteiger partial charge in [0.05, 0.1) is 18.8 Å². The Kier molecular flexibility index (Phi) is 7.35. The molecule has 1 unspecified atom stereocenters. The van der Waals surface area contributed by atoms with Gasteiger partial charge in [0.1, 0.15) is 5.60 Å². The Hall–Kier alpha value is -1.59. The van der Waals surface area contributed by atoms with Crippen molar-refractivity contribution in [3.05, 3.63) is 35.9 Å². The van der Waals surface area contributed by atoms with E-state index in [-0.39, 0.29) is 6.04 Å². The molecule has 2 atom stereocenters. The second kappa shape index (κ2) is 8.76. The number of hydrogen-bond donors (Lipinski definition) is 2. The second-order valence-corrected chi connectivity index (χ2v) is 6.38. The van der Waals surface area contributed by atoms with Crippen LogP contribution in [0.1, 0.15) is 32.8 Å². The summed E-state index contributed by atoms with van der Waals surface area (Å²) in [4.78, 5) is 11.8. The number of aliphatic hydroxyl groups excluding tert-OH is 1. The van der Waals surface area contributed by atoms with E-state index in [1.165, 1.54) is 0 Å². The summed E-state index contributed by atoms with van der Waals surface area (Å²) in [6.07, 6.45) is -0.113. The smallest absolute Gasteiger partial charge is 0.407 e. The molecule has 5 heteroatoms. The third-order valence-corrected chi connectivity index (χ3v) is 2.96. The number of ether oxygens (including phenoxy) is 2. The number of benzene rings is 1. The van der Waals surface area contributed by atoms with Crippen molar-refractivity contribution in [1.29, 1.82) is 0 Å². The lowest BCUT2D eigenvalue weighted by Gasteiger charge is -2.24. The molecule has 0 radical (unpaired) electrons. The van der Waals surface area contributed by atoms with E-state index in [2.05, 4.69) is 5.32 Å². The summed E-state index contributed by atoms with van der Waals surface area (Å²) in [7, 11) is 1.56. The van der Waals surface area contributed by atoms with Crippen molar-refractivity contribution in [2.45, 2.75) is 51.4 Å². The lowest BCUT2D eigenvalue weighted by Crippen LogP contribution is -2.43. The van der Waals surface area contributed by atoms with Crippen molar-refractivity contribution in [2.24, 2.45) is 0 Å². The van der Waals surface area contributed by atoms with Crippen LogP contribution in [0, 0.1) is 0 Å². The van der Waals surface area contributed by atoms with E-state index in [1.54, 1.807) is 7.11 Å². The van der Waals surface area contributed by atoms with Crippen molar-refractivity contribution < 1.29 is 19.4 Å². The van der Waals surface area contributed by atoms with E-state index >= 15 is 0 Å². The molecule has 1 rings (SSSR count). The largest absolute Gasteiger partial charge is 0.444 e. The highest BCUT2D eigenvalue weighted by Crippen LogP contribution is 2.10. The predicted octanol–water partition coefficient (Wildman–Crippen LogP) is 2.52. The van der Waals surface area contributed by atoms with Gasteiger partial charge in [-0.15, -0.1) is 0 Å². The molecule has 0 saturated carbocycles. The molecule has 0 aromatic heterocycles. The fraction of sp³-hybridized carbons (Fsp3) is 0.588. The number of nitrogens with one attached hydrogen (secondary N) is 1. The van der Waals surface area contributed by atoms with Crippen LogP contribution in [0.15, 0.2) is 30.3 Å². The first-order valence-corrected chi connectivity index (χ1v) is 7.50. The molecule has 1 amide bonds. The first kappa shape index (κ1) is 18.5. The van der Waals surface area contributed by atoms with Crippen LogP contribution in [0.25, 0.3) is 0 Å². The Morgan fingerprint density at radius 3 is 2.45 bits per heavy atom. The molecule has 1 aromatic carbocycles. The van der Waals surface area contributed by atoms with Crippen LogP contribution in [0.5, 0.6) is 0 Å². The van der Waals surface area contributed by atoms with Gasteiger partial charge in [0, 0.05) is 7.11 Å². The minimum Gasteiger partial charge on any atom is -0.444 e. The van der Waals surface area contributed by atoms with Crippen LogP contribution in [-0.4, -0.2) is 42.7 Å². The van der Waals surface area contributed by atoms with Gasteiger partial charge < -0.3 is 19.9 Å². The second-order valence-electron chi connectivity index (χ2n) is 6.38. The van der Waals surface area contributed by atoms with Crippen LogP contribution in [0.4, 0.5) is 4.79 Å². The number of methoxy groups -OCH3 is 1. The molecule has 1 aromatic rings. The Labute approximate surface area is 132 Å². The highest BCUT2D eigenvalue weighted by molar-refractivity contribution is 5.68. The summed E-state index contributed by atoms with van der Waals surface area (Å²) in [5, 5.41) is 12.9. The maximum Gasteiger partial charge on any atom is 0.407 e. The minimum absolute atomic E-state index is 0.293. The fourth-order valence-electron chi connectivity index (χ4n) is 2.14. The zero-order chi connectivity index (χ0) is 16.6.